The van der Waals surface area contributed by atoms with Gasteiger partial charge in [0.2, 0.25) is 0 Å². The highest BCUT2D eigenvalue weighted by atomic mass is 14.5. The Bertz CT molecular complexity index is 1910. The van der Waals surface area contributed by atoms with Gasteiger partial charge in [-0.15, -0.1) is 0 Å². The van der Waals surface area contributed by atoms with Crippen molar-refractivity contribution in [1.82, 2.24) is 0 Å². The summed E-state index contributed by atoms with van der Waals surface area (Å²) in [5, 5.41) is 0. The van der Waals surface area contributed by atoms with E-state index in [1.807, 2.05) is 0 Å². The average molecular weight is 835 g/mol. The van der Waals surface area contributed by atoms with Crippen molar-refractivity contribution >= 4 is 0 Å². The topological polar surface area (TPSA) is 0 Å². The molecule has 0 fully saturated rings. The van der Waals surface area contributed by atoms with Gasteiger partial charge in [0.15, 0.2) is 0 Å². The fourth-order valence-electron chi connectivity index (χ4n) is 12.0. The Kier molecular flexibility index (Phi) is 19.3. The maximum absolute atomic E-state index is 2.64. The van der Waals surface area contributed by atoms with E-state index in [0.717, 1.165) is 0 Å². The minimum absolute atomic E-state index is 0.0325. The van der Waals surface area contributed by atoms with Crippen molar-refractivity contribution in [3.63, 3.8) is 0 Å². The quantitative estimate of drug-likeness (QED) is 0.0459. The van der Waals surface area contributed by atoms with Crippen molar-refractivity contribution < 1.29 is 0 Å². The van der Waals surface area contributed by atoms with E-state index in [0.29, 0.717) is 0 Å². The molecular formula is C62H90. The van der Waals surface area contributed by atoms with Crippen LogP contribution >= 0.6 is 0 Å². The van der Waals surface area contributed by atoms with Crippen molar-refractivity contribution in [3.8, 4) is 11.1 Å². The smallest absolute Gasteiger partial charge is 0.0438 e. The third-order valence-corrected chi connectivity index (χ3v) is 15.8. The summed E-state index contributed by atoms with van der Waals surface area (Å²) in [5.41, 5.74) is 19.2. The first-order valence-corrected chi connectivity index (χ1v) is 26.9. The van der Waals surface area contributed by atoms with Gasteiger partial charge in [-0.2, -0.15) is 0 Å². The molecule has 6 rings (SSSR count). The SMILES string of the molecule is CCCCCCCCCCc1ccc(C2(C)CCc3c(CCCCCC)c4c(c(CCCCCC)c32)-c2ccccc2C4(C)c2ccc(CCCCCCCCCC)cc2)cc1. The van der Waals surface area contributed by atoms with Crippen LogP contribution in [-0.2, 0) is 42.9 Å². The Labute approximate surface area is 382 Å². The molecule has 2 atom stereocenters. The summed E-state index contributed by atoms with van der Waals surface area (Å²) in [7, 11) is 0. The van der Waals surface area contributed by atoms with Crippen LogP contribution in [0, 0.1) is 0 Å². The van der Waals surface area contributed by atoms with E-state index >= 15 is 0 Å². The number of aryl methyl sites for hydroxylation is 2. The molecule has 0 nitrogen and oxygen atoms in total. The Morgan fingerprint density at radius 3 is 1.34 bits per heavy atom. The van der Waals surface area contributed by atoms with Crippen LogP contribution in [0.15, 0.2) is 72.8 Å². The summed E-state index contributed by atoms with van der Waals surface area (Å²) in [6.45, 7) is 14.6. The molecule has 0 aliphatic heterocycles. The molecule has 0 spiro atoms. The van der Waals surface area contributed by atoms with Gasteiger partial charge >= 0.3 is 0 Å². The number of rotatable bonds is 30. The Balaban J connectivity index is 1.36. The zero-order valence-corrected chi connectivity index (χ0v) is 41.1. The largest absolute Gasteiger partial charge is 0.0654 e. The predicted octanol–water partition coefficient (Wildman–Crippen LogP) is 18.9. The molecule has 338 valence electrons. The van der Waals surface area contributed by atoms with Crippen molar-refractivity contribution in [1.29, 1.82) is 0 Å². The molecule has 0 radical (unpaired) electrons. The summed E-state index contributed by atoms with van der Waals surface area (Å²) < 4.78 is 0. The Morgan fingerprint density at radius 2 is 0.823 bits per heavy atom. The zero-order chi connectivity index (χ0) is 43.6. The first kappa shape index (κ1) is 48.3. The molecule has 4 aromatic rings. The predicted molar refractivity (Wildman–Crippen MR) is 273 cm³/mol. The van der Waals surface area contributed by atoms with Gasteiger partial charge in [-0.1, -0.05) is 236 Å². The van der Waals surface area contributed by atoms with Gasteiger partial charge in [0.05, 0.1) is 0 Å². The zero-order valence-electron chi connectivity index (χ0n) is 41.1. The maximum Gasteiger partial charge on any atom is 0.0438 e. The van der Waals surface area contributed by atoms with E-state index in [9.17, 15) is 0 Å². The molecule has 0 aromatic heterocycles. The number of hydrogen-bond acceptors (Lipinski definition) is 0. The third-order valence-electron chi connectivity index (χ3n) is 15.8. The van der Waals surface area contributed by atoms with Crippen LogP contribution in [-0.4, -0.2) is 0 Å². The highest BCUT2D eigenvalue weighted by molar-refractivity contribution is 5.89. The van der Waals surface area contributed by atoms with Crippen LogP contribution < -0.4 is 0 Å². The van der Waals surface area contributed by atoms with Crippen LogP contribution in [0.25, 0.3) is 11.1 Å². The van der Waals surface area contributed by atoms with Crippen LogP contribution in [0.5, 0.6) is 0 Å². The molecule has 62 heavy (non-hydrogen) atoms. The van der Waals surface area contributed by atoms with Crippen molar-refractivity contribution in [2.24, 2.45) is 0 Å². The number of benzene rings is 4. The molecule has 0 saturated heterocycles. The number of hydrogen-bond donors (Lipinski definition) is 0. The van der Waals surface area contributed by atoms with Crippen molar-refractivity contribution in [2.45, 2.75) is 245 Å². The lowest BCUT2D eigenvalue weighted by Gasteiger charge is -2.35. The molecule has 2 aliphatic rings. The van der Waals surface area contributed by atoms with E-state index in [1.165, 1.54) is 220 Å². The summed E-state index contributed by atoms with van der Waals surface area (Å²) in [5.74, 6) is 0. The molecule has 4 aromatic carbocycles. The number of fused-ring (bicyclic) bond motifs is 4. The fraction of sp³-hybridized carbons (Fsp3) is 0.613. The third kappa shape index (κ3) is 11.6. The molecule has 0 bridgehead atoms. The molecule has 0 heterocycles. The highest BCUT2D eigenvalue weighted by Crippen LogP contribution is 2.60. The standard InChI is InChI=1S/C62H90/c1-7-11-15-19-21-23-25-27-33-49-39-43-51(44-40-49)61(5)48-47-54-53(35-29-17-13-9-3)60-58(56(59(54)61)37-30-18-14-10-4)55-36-31-32-38-57(55)62(60,6)52-45-41-50(42-46-52)34-28-26-24-22-20-16-12-8-2/h31-32,36,38-46H,7-30,33-35,37,47-48H2,1-6H3. The highest BCUT2D eigenvalue weighted by Gasteiger charge is 2.48. The Hall–Kier alpha value is -3.12. The average Bonchev–Trinajstić information content (AvgIpc) is 3.79. The molecular weight excluding hydrogens is 745 g/mol. The summed E-state index contributed by atoms with van der Waals surface area (Å²) >= 11 is 0. The molecule has 0 amide bonds. The first-order valence-electron chi connectivity index (χ1n) is 26.9. The van der Waals surface area contributed by atoms with E-state index in [1.54, 1.807) is 38.9 Å². The van der Waals surface area contributed by atoms with Gasteiger partial charge in [-0.05, 0) is 138 Å². The second kappa shape index (κ2) is 24.8. The monoisotopic (exact) mass is 835 g/mol. The molecule has 0 N–H and O–H groups in total. The molecule has 2 unspecified atom stereocenters. The number of unbranched alkanes of at least 4 members (excludes halogenated alkanes) is 20. The second-order valence-electron chi connectivity index (χ2n) is 20.5. The molecule has 0 heteroatoms. The van der Waals surface area contributed by atoms with Crippen molar-refractivity contribution in [2.75, 3.05) is 0 Å². The minimum Gasteiger partial charge on any atom is -0.0654 e. The first-order chi connectivity index (χ1) is 30.4. The lowest BCUT2D eigenvalue weighted by molar-refractivity contribution is 0.557. The second-order valence-corrected chi connectivity index (χ2v) is 20.5. The van der Waals surface area contributed by atoms with Gasteiger partial charge in [-0.25, -0.2) is 0 Å². The van der Waals surface area contributed by atoms with Crippen LogP contribution in [0.2, 0.25) is 0 Å². The van der Waals surface area contributed by atoms with Crippen LogP contribution in [0.3, 0.4) is 0 Å². The molecule has 0 saturated carbocycles. The lowest BCUT2D eigenvalue weighted by atomic mass is 9.68. The van der Waals surface area contributed by atoms with Gasteiger partial charge in [0, 0.05) is 10.8 Å². The maximum atomic E-state index is 2.64. The minimum atomic E-state index is -0.160. The normalized spacial score (nSPS) is 17.7. The fourth-order valence-corrected chi connectivity index (χ4v) is 12.0. The summed E-state index contributed by atoms with van der Waals surface area (Å²) in [4.78, 5) is 0. The van der Waals surface area contributed by atoms with Crippen LogP contribution in [0.1, 0.15) is 258 Å². The van der Waals surface area contributed by atoms with Crippen LogP contribution in [0.4, 0.5) is 0 Å². The van der Waals surface area contributed by atoms with E-state index in [4.69, 9.17) is 0 Å². The van der Waals surface area contributed by atoms with Gasteiger partial charge in [0.25, 0.3) is 0 Å². The Morgan fingerprint density at radius 1 is 0.403 bits per heavy atom. The summed E-state index contributed by atoms with van der Waals surface area (Å²) in [6, 6.07) is 29.9. The van der Waals surface area contributed by atoms with Gasteiger partial charge < -0.3 is 0 Å². The lowest BCUT2D eigenvalue weighted by Crippen LogP contribution is -2.27. The van der Waals surface area contributed by atoms with E-state index in [-0.39, 0.29) is 10.8 Å². The van der Waals surface area contributed by atoms with E-state index < -0.39 is 0 Å². The summed E-state index contributed by atoms with van der Waals surface area (Å²) in [6.07, 6.45) is 39.8. The van der Waals surface area contributed by atoms with Gasteiger partial charge in [0.1, 0.15) is 0 Å². The van der Waals surface area contributed by atoms with Crippen molar-refractivity contribution in [3.05, 3.63) is 128 Å². The van der Waals surface area contributed by atoms with E-state index in [2.05, 4.69) is 114 Å². The van der Waals surface area contributed by atoms with Gasteiger partial charge in [-0.3, -0.25) is 0 Å². The molecule has 2 aliphatic carbocycles.